The van der Waals surface area contributed by atoms with Crippen LogP contribution < -0.4 is 4.74 Å². The summed E-state index contributed by atoms with van der Waals surface area (Å²) in [5.74, 6) is -0.401. The fraction of sp³-hybridized carbons (Fsp3) is 0.182. The van der Waals surface area contributed by atoms with Gasteiger partial charge in [0.05, 0.1) is 15.7 Å². The summed E-state index contributed by atoms with van der Waals surface area (Å²) < 4.78 is 40.6. The highest BCUT2D eigenvalue weighted by Crippen LogP contribution is 2.37. The monoisotopic (exact) mass is 295 g/mol. The number of halogens is 5. The molecule has 0 amide bonds. The molecule has 2 rings (SSSR count). The van der Waals surface area contributed by atoms with E-state index in [0.717, 1.165) is 0 Å². The summed E-state index contributed by atoms with van der Waals surface area (Å²) in [6.07, 6.45) is -4.78. The van der Waals surface area contributed by atoms with E-state index in [9.17, 15) is 13.2 Å². The van der Waals surface area contributed by atoms with Gasteiger partial charge in [0.2, 0.25) is 0 Å². The molecule has 18 heavy (non-hydrogen) atoms. The smallest absolute Gasteiger partial charge is 0.403 e. The third kappa shape index (κ3) is 2.47. The molecule has 0 spiro atoms. The van der Waals surface area contributed by atoms with E-state index in [4.69, 9.17) is 23.2 Å². The Hall–Kier alpha value is -1.20. The van der Waals surface area contributed by atoms with Crippen molar-refractivity contribution < 1.29 is 17.9 Å². The summed E-state index contributed by atoms with van der Waals surface area (Å²) >= 11 is 11.9. The van der Waals surface area contributed by atoms with Gasteiger partial charge in [-0.25, -0.2) is 4.98 Å². The number of ether oxygens (including phenoxy) is 1. The Kier molecular flexibility index (Phi) is 3.29. The maximum atomic E-state index is 12.2. The number of benzene rings is 1. The van der Waals surface area contributed by atoms with Crippen LogP contribution in [-0.2, 0) is 0 Å². The summed E-state index contributed by atoms with van der Waals surface area (Å²) in [5.41, 5.74) is 0.370. The predicted molar refractivity (Wildman–Crippen MR) is 63.2 cm³/mol. The zero-order chi connectivity index (χ0) is 13.5. The Morgan fingerprint density at radius 2 is 1.83 bits per heavy atom. The molecule has 0 fully saturated rings. The predicted octanol–water partition coefficient (Wildman–Crippen LogP) is 4.75. The number of pyridine rings is 1. The van der Waals surface area contributed by atoms with Crippen LogP contribution in [0.4, 0.5) is 13.2 Å². The topological polar surface area (TPSA) is 22.1 Å². The van der Waals surface area contributed by atoms with Gasteiger partial charge in [0.25, 0.3) is 0 Å². The molecule has 0 aliphatic rings. The normalized spacial score (nSPS) is 11.9. The SMILES string of the molecule is Cc1nc2c(OC(F)(F)F)cccc2c(Cl)c1Cl. The van der Waals surface area contributed by atoms with Crippen molar-refractivity contribution in [1.82, 2.24) is 4.98 Å². The largest absolute Gasteiger partial charge is 0.573 e. The Morgan fingerprint density at radius 3 is 2.44 bits per heavy atom. The van der Waals surface area contributed by atoms with Crippen molar-refractivity contribution in [2.75, 3.05) is 0 Å². The van der Waals surface area contributed by atoms with E-state index < -0.39 is 12.1 Å². The molecular formula is C11H6Cl2F3NO. The zero-order valence-corrected chi connectivity index (χ0v) is 10.5. The third-order valence-corrected chi connectivity index (χ3v) is 3.20. The molecule has 96 valence electrons. The van der Waals surface area contributed by atoms with Gasteiger partial charge >= 0.3 is 6.36 Å². The van der Waals surface area contributed by atoms with Gasteiger partial charge in [0.1, 0.15) is 5.52 Å². The van der Waals surface area contributed by atoms with E-state index in [1.807, 2.05) is 0 Å². The van der Waals surface area contributed by atoms with Crippen molar-refractivity contribution in [2.24, 2.45) is 0 Å². The van der Waals surface area contributed by atoms with Crippen LogP contribution in [0.5, 0.6) is 5.75 Å². The Balaban J connectivity index is 2.70. The first-order chi connectivity index (χ1) is 8.29. The molecule has 0 aliphatic heterocycles. The van der Waals surface area contributed by atoms with Crippen molar-refractivity contribution in [3.63, 3.8) is 0 Å². The minimum atomic E-state index is -4.78. The van der Waals surface area contributed by atoms with Crippen LogP contribution in [0.1, 0.15) is 5.69 Å². The first-order valence-corrected chi connectivity index (χ1v) is 5.55. The maximum absolute atomic E-state index is 12.2. The van der Waals surface area contributed by atoms with Crippen molar-refractivity contribution in [3.05, 3.63) is 33.9 Å². The Bertz CT molecular complexity index is 613. The molecule has 0 N–H and O–H groups in total. The molecule has 0 saturated heterocycles. The number of nitrogens with zero attached hydrogens (tertiary/aromatic N) is 1. The van der Waals surface area contributed by atoms with Gasteiger partial charge in [-0.1, -0.05) is 35.3 Å². The van der Waals surface area contributed by atoms with Gasteiger partial charge < -0.3 is 4.74 Å². The molecule has 0 unspecified atom stereocenters. The number of fused-ring (bicyclic) bond motifs is 1. The molecule has 2 aromatic rings. The summed E-state index contributed by atoms with van der Waals surface area (Å²) in [7, 11) is 0. The number of hydrogen-bond donors (Lipinski definition) is 0. The van der Waals surface area contributed by atoms with Crippen LogP contribution in [0.15, 0.2) is 18.2 Å². The van der Waals surface area contributed by atoms with Crippen LogP contribution in [0.25, 0.3) is 10.9 Å². The zero-order valence-electron chi connectivity index (χ0n) is 8.98. The van der Waals surface area contributed by atoms with E-state index >= 15 is 0 Å². The van der Waals surface area contributed by atoms with Crippen LogP contribution in [-0.4, -0.2) is 11.3 Å². The molecule has 1 heterocycles. The number of alkyl halides is 3. The summed E-state index contributed by atoms with van der Waals surface area (Å²) in [6.45, 7) is 1.55. The number of para-hydroxylation sites is 1. The standard InChI is InChI=1S/C11H6Cl2F3NO/c1-5-8(12)9(13)6-3-2-4-7(10(6)17-5)18-11(14,15)16/h2-4H,1H3. The number of aryl methyl sites for hydroxylation is 1. The van der Waals surface area contributed by atoms with Gasteiger partial charge in [-0.3, -0.25) is 0 Å². The van der Waals surface area contributed by atoms with Gasteiger partial charge in [0, 0.05) is 5.39 Å². The van der Waals surface area contributed by atoms with Crippen LogP contribution >= 0.6 is 23.2 Å². The molecule has 0 bridgehead atoms. The summed E-state index contributed by atoms with van der Waals surface area (Å²) in [5, 5.41) is 0.689. The van der Waals surface area contributed by atoms with Gasteiger partial charge in [-0.15, -0.1) is 13.2 Å². The average molecular weight is 296 g/mol. The highest BCUT2D eigenvalue weighted by atomic mass is 35.5. The highest BCUT2D eigenvalue weighted by molar-refractivity contribution is 6.45. The van der Waals surface area contributed by atoms with Crippen LogP contribution in [0.3, 0.4) is 0 Å². The van der Waals surface area contributed by atoms with Gasteiger partial charge in [-0.2, -0.15) is 0 Å². The first-order valence-electron chi connectivity index (χ1n) is 4.79. The Morgan fingerprint density at radius 1 is 1.17 bits per heavy atom. The second kappa shape index (κ2) is 4.48. The first kappa shape index (κ1) is 13.2. The minimum Gasteiger partial charge on any atom is -0.403 e. The second-order valence-corrected chi connectivity index (χ2v) is 4.28. The lowest BCUT2D eigenvalue weighted by Crippen LogP contribution is -2.17. The molecule has 2 nitrogen and oxygen atoms in total. The van der Waals surface area contributed by atoms with Crippen molar-refractivity contribution in [1.29, 1.82) is 0 Å². The highest BCUT2D eigenvalue weighted by Gasteiger charge is 2.32. The van der Waals surface area contributed by atoms with E-state index in [0.29, 0.717) is 11.1 Å². The van der Waals surface area contributed by atoms with E-state index in [1.165, 1.54) is 18.2 Å². The van der Waals surface area contributed by atoms with Gasteiger partial charge in [-0.05, 0) is 13.0 Å². The summed E-state index contributed by atoms with van der Waals surface area (Å²) in [4.78, 5) is 3.98. The average Bonchev–Trinajstić information content (AvgIpc) is 2.25. The van der Waals surface area contributed by atoms with Crippen molar-refractivity contribution >= 4 is 34.1 Å². The maximum Gasteiger partial charge on any atom is 0.573 e. The molecule has 1 aromatic carbocycles. The number of aromatic nitrogens is 1. The fourth-order valence-corrected chi connectivity index (χ4v) is 1.95. The lowest BCUT2D eigenvalue weighted by atomic mass is 10.2. The molecule has 0 saturated carbocycles. The lowest BCUT2D eigenvalue weighted by Gasteiger charge is -2.12. The molecule has 0 aliphatic carbocycles. The van der Waals surface area contributed by atoms with E-state index in [2.05, 4.69) is 9.72 Å². The van der Waals surface area contributed by atoms with Gasteiger partial charge in [0.15, 0.2) is 5.75 Å². The Labute approximate surface area is 110 Å². The van der Waals surface area contributed by atoms with Crippen LogP contribution in [0, 0.1) is 6.92 Å². The molecule has 0 radical (unpaired) electrons. The van der Waals surface area contributed by atoms with E-state index in [1.54, 1.807) is 6.92 Å². The van der Waals surface area contributed by atoms with Crippen LogP contribution in [0.2, 0.25) is 10.0 Å². The third-order valence-electron chi connectivity index (χ3n) is 2.25. The summed E-state index contributed by atoms with van der Waals surface area (Å²) in [6, 6.07) is 4.09. The van der Waals surface area contributed by atoms with Crippen molar-refractivity contribution in [3.8, 4) is 5.75 Å². The number of rotatable bonds is 1. The fourth-order valence-electron chi connectivity index (χ4n) is 1.52. The quantitative estimate of drug-likeness (QED) is 0.757. The second-order valence-electron chi connectivity index (χ2n) is 3.53. The minimum absolute atomic E-state index is 0.0294. The molecular weight excluding hydrogens is 290 g/mol. The number of hydrogen-bond acceptors (Lipinski definition) is 2. The van der Waals surface area contributed by atoms with Crippen molar-refractivity contribution in [2.45, 2.75) is 13.3 Å². The molecule has 1 aromatic heterocycles. The van der Waals surface area contributed by atoms with E-state index in [-0.39, 0.29) is 15.6 Å². The molecule has 7 heteroatoms. The lowest BCUT2D eigenvalue weighted by molar-refractivity contribution is -0.274. The molecule has 0 atom stereocenters.